The van der Waals surface area contributed by atoms with Crippen LogP contribution in [0, 0.1) is 6.92 Å². The van der Waals surface area contributed by atoms with Crippen molar-refractivity contribution in [1.82, 2.24) is 24.9 Å². The Hall–Kier alpha value is -3.47. The molecule has 0 radical (unpaired) electrons. The van der Waals surface area contributed by atoms with Crippen molar-refractivity contribution in [3.8, 4) is 22.6 Å². The first-order chi connectivity index (χ1) is 12.3. The van der Waals surface area contributed by atoms with Gasteiger partial charge in [-0.15, -0.1) is 0 Å². The zero-order valence-electron chi connectivity index (χ0n) is 13.6. The fraction of sp³-hybridized carbons (Fsp3) is 0.0500. The first kappa shape index (κ1) is 13.9. The molecule has 0 unspecified atom stereocenters. The molecule has 5 rings (SSSR count). The van der Waals surface area contributed by atoms with Crippen molar-refractivity contribution in [1.29, 1.82) is 0 Å². The Labute approximate surface area is 143 Å². The van der Waals surface area contributed by atoms with E-state index in [9.17, 15) is 0 Å². The molecule has 0 aliphatic heterocycles. The normalized spacial score (nSPS) is 11.4. The standard InChI is InChI=1S/C20H15N5/c1-12-22-15-7-5-13(10-18(15)23-12)14-6-8-16-19(11-14)25-20(24-16)17-4-2-3-9-21-17/h2-11H,1H3,(H,22,23)(H,24,25). The quantitative estimate of drug-likeness (QED) is 0.503. The van der Waals surface area contributed by atoms with Crippen LogP contribution in [0.25, 0.3) is 44.7 Å². The van der Waals surface area contributed by atoms with Crippen LogP contribution in [0.5, 0.6) is 0 Å². The lowest BCUT2D eigenvalue weighted by Gasteiger charge is -2.01. The monoisotopic (exact) mass is 325 g/mol. The summed E-state index contributed by atoms with van der Waals surface area (Å²) in [5.41, 5.74) is 7.09. The average Bonchev–Trinajstić information content (AvgIpc) is 3.23. The summed E-state index contributed by atoms with van der Waals surface area (Å²) < 4.78 is 0. The molecule has 25 heavy (non-hydrogen) atoms. The minimum absolute atomic E-state index is 0.785. The molecule has 3 aromatic heterocycles. The molecule has 5 heteroatoms. The molecule has 0 saturated carbocycles. The molecule has 0 aliphatic rings. The number of imidazole rings is 2. The van der Waals surface area contributed by atoms with E-state index in [1.807, 2.05) is 37.3 Å². The van der Waals surface area contributed by atoms with Crippen LogP contribution in [0.3, 0.4) is 0 Å². The SMILES string of the molecule is Cc1nc2ccc(-c3ccc4nc(-c5ccccn5)[nH]c4c3)cc2[nH]1. The molecule has 0 amide bonds. The Balaban J connectivity index is 1.61. The summed E-state index contributed by atoms with van der Waals surface area (Å²) >= 11 is 0. The van der Waals surface area contributed by atoms with Crippen LogP contribution in [0.4, 0.5) is 0 Å². The largest absolute Gasteiger partial charge is 0.342 e. The second kappa shape index (κ2) is 5.27. The second-order valence-electron chi connectivity index (χ2n) is 6.09. The molecule has 0 aliphatic carbocycles. The Morgan fingerprint density at radius 2 is 1.48 bits per heavy atom. The molecule has 0 bridgehead atoms. The van der Waals surface area contributed by atoms with Gasteiger partial charge in [0.1, 0.15) is 11.5 Å². The summed E-state index contributed by atoms with van der Waals surface area (Å²) in [4.78, 5) is 20.1. The van der Waals surface area contributed by atoms with Crippen LogP contribution >= 0.6 is 0 Å². The predicted octanol–water partition coefficient (Wildman–Crippen LogP) is 4.48. The highest BCUT2D eigenvalue weighted by Crippen LogP contribution is 2.27. The van der Waals surface area contributed by atoms with Crippen LogP contribution in [0.15, 0.2) is 60.8 Å². The smallest absolute Gasteiger partial charge is 0.157 e. The van der Waals surface area contributed by atoms with Gasteiger partial charge in [0, 0.05) is 6.20 Å². The first-order valence-electron chi connectivity index (χ1n) is 8.14. The molecular formula is C20H15N5. The number of nitrogens with one attached hydrogen (secondary N) is 2. The molecule has 3 heterocycles. The lowest BCUT2D eigenvalue weighted by molar-refractivity contribution is 1.17. The van der Waals surface area contributed by atoms with Crippen molar-refractivity contribution in [3.05, 3.63) is 66.6 Å². The van der Waals surface area contributed by atoms with Gasteiger partial charge in [0.05, 0.1) is 22.1 Å². The first-order valence-corrected chi connectivity index (χ1v) is 8.14. The third-order valence-corrected chi connectivity index (χ3v) is 4.32. The van der Waals surface area contributed by atoms with E-state index < -0.39 is 0 Å². The van der Waals surface area contributed by atoms with Gasteiger partial charge in [0.2, 0.25) is 0 Å². The number of hydrogen-bond donors (Lipinski definition) is 2. The minimum atomic E-state index is 0.785. The van der Waals surface area contributed by atoms with Gasteiger partial charge in [-0.3, -0.25) is 4.98 Å². The molecule has 2 aromatic carbocycles. The van der Waals surface area contributed by atoms with Crippen molar-refractivity contribution in [2.24, 2.45) is 0 Å². The number of aromatic amines is 2. The highest BCUT2D eigenvalue weighted by molar-refractivity contribution is 5.87. The zero-order chi connectivity index (χ0) is 16.8. The lowest BCUT2D eigenvalue weighted by atomic mass is 10.0. The van der Waals surface area contributed by atoms with Gasteiger partial charge < -0.3 is 9.97 Å². The highest BCUT2D eigenvalue weighted by Gasteiger charge is 2.08. The van der Waals surface area contributed by atoms with Crippen LogP contribution in [-0.4, -0.2) is 24.9 Å². The Bertz CT molecular complexity index is 1200. The van der Waals surface area contributed by atoms with E-state index in [0.29, 0.717) is 0 Å². The van der Waals surface area contributed by atoms with Gasteiger partial charge in [-0.25, -0.2) is 9.97 Å². The average molecular weight is 325 g/mol. The molecular weight excluding hydrogens is 310 g/mol. The highest BCUT2D eigenvalue weighted by atomic mass is 14.9. The summed E-state index contributed by atoms with van der Waals surface area (Å²) in [5.74, 6) is 1.71. The van der Waals surface area contributed by atoms with Gasteiger partial charge in [-0.05, 0) is 54.4 Å². The number of H-pyrrole nitrogens is 2. The molecule has 2 N–H and O–H groups in total. The molecule has 0 spiro atoms. The maximum absolute atomic E-state index is 4.64. The van der Waals surface area contributed by atoms with Crippen molar-refractivity contribution >= 4 is 22.1 Å². The Kier molecular flexibility index (Phi) is 2.94. The van der Waals surface area contributed by atoms with Gasteiger partial charge in [0.15, 0.2) is 5.82 Å². The summed E-state index contributed by atoms with van der Waals surface area (Å²) in [7, 11) is 0. The van der Waals surface area contributed by atoms with E-state index in [1.165, 1.54) is 0 Å². The van der Waals surface area contributed by atoms with Crippen molar-refractivity contribution < 1.29 is 0 Å². The number of aryl methyl sites for hydroxylation is 1. The van der Waals surface area contributed by atoms with E-state index >= 15 is 0 Å². The number of nitrogens with zero attached hydrogens (tertiary/aromatic N) is 3. The predicted molar refractivity (Wildman–Crippen MR) is 99.1 cm³/mol. The minimum Gasteiger partial charge on any atom is -0.342 e. The van der Waals surface area contributed by atoms with E-state index in [2.05, 4.69) is 49.2 Å². The van der Waals surface area contributed by atoms with Crippen molar-refractivity contribution in [3.63, 3.8) is 0 Å². The second-order valence-corrected chi connectivity index (χ2v) is 6.09. The summed E-state index contributed by atoms with van der Waals surface area (Å²) in [6.45, 7) is 1.97. The summed E-state index contributed by atoms with van der Waals surface area (Å²) in [5, 5.41) is 0. The van der Waals surface area contributed by atoms with Gasteiger partial charge in [0.25, 0.3) is 0 Å². The van der Waals surface area contributed by atoms with Crippen LogP contribution in [0.1, 0.15) is 5.82 Å². The third kappa shape index (κ3) is 2.37. The number of fused-ring (bicyclic) bond motifs is 2. The Morgan fingerprint density at radius 1 is 0.760 bits per heavy atom. The van der Waals surface area contributed by atoms with Crippen LogP contribution in [0.2, 0.25) is 0 Å². The van der Waals surface area contributed by atoms with Gasteiger partial charge in [-0.1, -0.05) is 18.2 Å². The maximum Gasteiger partial charge on any atom is 0.157 e. The fourth-order valence-electron chi connectivity index (χ4n) is 3.13. The van der Waals surface area contributed by atoms with Crippen molar-refractivity contribution in [2.45, 2.75) is 6.92 Å². The number of rotatable bonds is 2. The van der Waals surface area contributed by atoms with E-state index in [4.69, 9.17) is 0 Å². The lowest BCUT2D eigenvalue weighted by Crippen LogP contribution is -1.82. The fourth-order valence-corrected chi connectivity index (χ4v) is 3.13. The molecule has 0 atom stereocenters. The molecule has 5 nitrogen and oxygen atoms in total. The number of benzene rings is 2. The number of pyridine rings is 1. The van der Waals surface area contributed by atoms with E-state index in [0.717, 1.165) is 50.5 Å². The molecule has 5 aromatic rings. The van der Waals surface area contributed by atoms with E-state index in [-0.39, 0.29) is 0 Å². The third-order valence-electron chi connectivity index (χ3n) is 4.32. The summed E-state index contributed by atoms with van der Waals surface area (Å²) in [6, 6.07) is 18.3. The van der Waals surface area contributed by atoms with Crippen LogP contribution < -0.4 is 0 Å². The van der Waals surface area contributed by atoms with E-state index in [1.54, 1.807) is 6.20 Å². The van der Waals surface area contributed by atoms with Crippen LogP contribution in [-0.2, 0) is 0 Å². The van der Waals surface area contributed by atoms with Crippen molar-refractivity contribution in [2.75, 3.05) is 0 Å². The molecule has 120 valence electrons. The molecule has 0 fully saturated rings. The topological polar surface area (TPSA) is 70.2 Å². The summed E-state index contributed by atoms with van der Waals surface area (Å²) in [6.07, 6.45) is 1.77. The number of hydrogen-bond acceptors (Lipinski definition) is 3. The molecule has 0 saturated heterocycles. The number of aromatic nitrogens is 5. The zero-order valence-corrected chi connectivity index (χ0v) is 13.6. The van der Waals surface area contributed by atoms with Gasteiger partial charge >= 0.3 is 0 Å². The Morgan fingerprint density at radius 3 is 2.20 bits per heavy atom. The van der Waals surface area contributed by atoms with Gasteiger partial charge in [-0.2, -0.15) is 0 Å². The maximum atomic E-state index is 4.64.